The SMILES string of the molecule is CCN1CCN(C(=O)c2ccc(CNC(C)=O)s2)CC1. The Morgan fingerprint density at radius 3 is 2.55 bits per heavy atom. The number of thiophene rings is 1. The summed E-state index contributed by atoms with van der Waals surface area (Å²) < 4.78 is 0. The van der Waals surface area contributed by atoms with Gasteiger partial charge in [-0.15, -0.1) is 11.3 Å². The van der Waals surface area contributed by atoms with Crippen LogP contribution < -0.4 is 5.32 Å². The zero-order valence-electron chi connectivity index (χ0n) is 12.0. The van der Waals surface area contributed by atoms with E-state index in [2.05, 4.69) is 17.1 Å². The van der Waals surface area contributed by atoms with Crippen LogP contribution in [-0.4, -0.2) is 54.3 Å². The van der Waals surface area contributed by atoms with Gasteiger partial charge in [0.15, 0.2) is 0 Å². The largest absolute Gasteiger partial charge is 0.351 e. The molecule has 1 N–H and O–H groups in total. The van der Waals surface area contributed by atoms with Crippen LogP contribution in [0.1, 0.15) is 28.4 Å². The molecule has 20 heavy (non-hydrogen) atoms. The van der Waals surface area contributed by atoms with Crippen molar-refractivity contribution in [1.82, 2.24) is 15.1 Å². The first-order chi connectivity index (χ1) is 9.60. The molecule has 1 fully saturated rings. The van der Waals surface area contributed by atoms with Crippen molar-refractivity contribution < 1.29 is 9.59 Å². The van der Waals surface area contributed by atoms with Gasteiger partial charge in [-0.25, -0.2) is 0 Å². The van der Waals surface area contributed by atoms with E-state index in [9.17, 15) is 9.59 Å². The van der Waals surface area contributed by atoms with Gasteiger partial charge in [0.1, 0.15) is 0 Å². The lowest BCUT2D eigenvalue weighted by Crippen LogP contribution is -2.48. The average molecular weight is 295 g/mol. The summed E-state index contributed by atoms with van der Waals surface area (Å²) in [5.74, 6) is 0.0572. The Morgan fingerprint density at radius 2 is 1.95 bits per heavy atom. The molecule has 6 heteroatoms. The molecule has 0 aromatic carbocycles. The van der Waals surface area contributed by atoms with Gasteiger partial charge < -0.3 is 15.1 Å². The number of nitrogens with one attached hydrogen (secondary N) is 1. The maximum Gasteiger partial charge on any atom is 0.264 e. The Morgan fingerprint density at radius 1 is 1.25 bits per heavy atom. The van der Waals surface area contributed by atoms with E-state index in [4.69, 9.17) is 0 Å². The van der Waals surface area contributed by atoms with Gasteiger partial charge in [0.25, 0.3) is 5.91 Å². The molecule has 1 aromatic heterocycles. The number of hydrogen-bond acceptors (Lipinski definition) is 4. The van der Waals surface area contributed by atoms with Crippen molar-refractivity contribution >= 4 is 23.2 Å². The summed E-state index contributed by atoms with van der Waals surface area (Å²) >= 11 is 1.46. The minimum absolute atomic E-state index is 0.0537. The molecular formula is C14H21N3O2S. The second kappa shape index (κ2) is 6.85. The molecule has 2 amide bonds. The third kappa shape index (κ3) is 3.80. The van der Waals surface area contributed by atoms with E-state index >= 15 is 0 Å². The Hall–Kier alpha value is -1.40. The monoisotopic (exact) mass is 295 g/mol. The summed E-state index contributed by atoms with van der Waals surface area (Å²) in [6.45, 7) is 8.67. The van der Waals surface area contributed by atoms with Gasteiger partial charge in [-0.2, -0.15) is 0 Å². The van der Waals surface area contributed by atoms with Gasteiger partial charge in [-0.05, 0) is 18.7 Å². The third-order valence-electron chi connectivity index (χ3n) is 3.49. The van der Waals surface area contributed by atoms with E-state index in [1.54, 1.807) is 0 Å². The first-order valence-electron chi connectivity index (χ1n) is 6.95. The molecule has 0 spiro atoms. The molecule has 5 nitrogen and oxygen atoms in total. The summed E-state index contributed by atoms with van der Waals surface area (Å²) in [5, 5.41) is 2.75. The van der Waals surface area contributed by atoms with Crippen LogP contribution in [0, 0.1) is 0 Å². The van der Waals surface area contributed by atoms with Crippen LogP contribution in [0.2, 0.25) is 0 Å². The molecule has 0 atom stereocenters. The molecule has 110 valence electrons. The summed E-state index contributed by atoms with van der Waals surface area (Å²) in [5.41, 5.74) is 0. The molecule has 1 aromatic rings. The van der Waals surface area contributed by atoms with Crippen LogP contribution in [0.25, 0.3) is 0 Å². The first-order valence-corrected chi connectivity index (χ1v) is 7.76. The highest BCUT2D eigenvalue weighted by Crippen LogP contribution is 2.19. The zero-order chi connectivity index (χ0) is 14.5. The second-order valence-corrected chi connectivity index (χ2v) is 6.07. The van der Waals surface area contributed by atoms with E-state index in [0.29, 0.717) is 6.54 Å². The zero-order valence-corrected chi connectivity index (χ0v) is 12.8. The van der Waals surface area contributed by atoms with Crippen molar-refractivity contribution in [2.45, 2.75) is 20.4 Å². The van der Waals surface area contributed by atoms with Crippen molar-refractivity contribution in [3.63, 3.8) is 0 Å². The minimum Gasteiger partial charge on any atom is -0.351 e. The van der Waals surface area contributed by atoms with Crippen molar-refractivity contribution in [2.24, 2.45) is 0 Å². The molecule has 2 rings (SSSR count). The normalized spacial score (nSPS) is 16.2. The fraction of sp³-hybridized carbons (Fsp3) is 0.571. The number of nitrogens with zero attached hydrogens (tertiary/aromatic N) is 2. The maximum atomic E-state index is 12.4. The number of rotatable bonds is 4. The standard InChI is InChI=1S/C14H21N3O2S/c1-3-16-6-8-17(9-7-16)14(19)13-5-4-12(20-13)10-15-11(2)18/h4-5H,3,6-10H2,1-2H3,(H,15,18). The third-order valence-corrected chi connectivity index (χ3v) is 4.56. The molecular weight excluding hydrogens is 274 g/mol. The highest BCUT2D eigenvalue weighted by Gasteiger charge is 2.22. The van der Waals surface area contributed by atoms with Crippen LogP contribution in [0.15, 0.2) is 12.1 Å². The Bertz CT molecular complexity index is 479. The number of amides is 2. The molecule has 0 bridgehead atoms. The van der Waals surface area contributed by atoms with E-state index < -0.39 is 0 Å². The maximum absolute atomic E-state index is 12.4. The van der Waals surface area contributed by atoms with Crippen molar-refractivity contribution in [1.29, 1.82) is 0 Å². The molecule has 0 saturated carbocycles. The van der Waals surface area contributed by atoms with E-state index in [1.807, 2.05) is 17.0 Å². The second-order valence-electron chi connectivity index (χ2n) is 4.90. The highest BCUT2D eigenvalue weighted by molar-refractivity contribution is 7.14. The number of likely N-dealkylation sites (N-methyl/N-ethyl adjacent to an activating group) is 1. The molecule has 0 aliphatic carbocycles. The molecule has 1 saturated heterocycles. The number of piperazine rings is 1. The van der Waals surface area contributed by atoms with Gasteiger partial charge >= 0.3 is 0 Å². The van der Waals surface area contributed by atoms with Crippen LogP contribution in [0.3, 0.4) is 0 Å². The lowest BCUT2D eigenvalue weighted by molar-refractivity contribution is -0.119. The Balaban J connectivity index is 1.91. The number of carbonyl (C=O) groups is 2. The lowest BCUT2D eigenvalue weighted by atomic mass is 10.3. The topological polar surface area (TPSA) is 52.6 Å². The molecule has 0 radical (unpaired) electrons. The minimum atomic E-state index is -0.0537. The van der Waals surface area contributed by atoms with Crippen LogP contribution in [0.4, 0.5) is 0 Å². The number of carbonyl (C=O) groups excluding carboxylic acids is 2. The van der Waals surface area contributed by atoms with Gasteiger partial charge in [-0.1, -0.05) is 6.92 Å². The van der Waals surface area contributed by atoms with Gasteiger partial charge in [0, 0.05) is 38.0 Å². The van der Waals surface area contributed by atoms with Crippen molar-refractivity contribution in [3.8, 4) is 0 Å². The fourth-order valence-corrected chi connectivity index (χ4v) is 3.14. The average Bonchev–Trinajstić information content (AvgIpc) is 2.93. The van der Waals surface area contributed by atoms with E-state index in [0.717, 1.165) is 42.5 Å². The van der Waals surface area contributed by atoms with Crippen molar-refractivity contribution in [2.75, 3.05) is 32.7 Å². The Kier molecular flexibility index (Phi) is 5.14. The van der Waals surface area contributed by atoms with E-state index in [1.165, 1.54) is 18.3 Å². The fourth-order valence-electron chi connectivity index (χ4n) is 2.22. The predicted octanol–water partition coefficient (Wildman–Crippen LogP) is 1.16. The van der Waals surface area contributed by atoms with Gasteiger partial charge in [-0.3, -0.25) is 9.59 Å². The van der Waals surface area contributed by atoms with Gasteiger partial charge in [0.2, 0.25) is 5.91 Å². The summed E-state index contributed by atoms with van der Waals surface area (Å²) in [4.78, 5) is 29.3. The smallest absolute Gasteiger partial charge is 0.264 e. The quantitative estimate of drug-likeness (QED) is 0.907. The van der Waals surface area contributed by atoms with Gasteiger partial charge in [0.05, 0.1) is 11.4 Å². The van der Waals surface area contributed by atoms with Crippen LogP contribution >= 0.6 is 11.3 Å². The Labute approximate surface area is 123 Å². The molecule has 0 unspecified atom stereocenters. The van der Waals surface area contributed by atoms with Crippen molar-refractivity contribution in [3.05, 3.63) is 21.9 Å². The number of hydrogen-bond donors (Lipinski definition) is 1. The summed E-state index contributed by atoms with van der Waals surface area (Å²) in [6, 6.07) is 3.77. The predicted molar refractivity (Wildman–Crippen MR) is 79.9 cm³/mol. The van der Waals surface area contributed by atoms with Crippen LogP contribution in [-0.2, 0) is 11.3 Å². The van der Waals surface area contributed by atoms with E-state index in [-0.39, 0.29) is 11.8 Å². The highest BCUT2D eigenvalue weighted by atomic mass is 32.1. The lowest BCUT2D eigenvalue weighted by Gasteiger charge is -2.33. The summed E-state index contributed by atoms with van der Waals surface area (Å²) in [6.07, 6.45) is 0. The van der Waals surface area contributed by atoms with Crippen LogP contribution in [0.5, 0.6) is 0 Å². The molecule has 1 aliphatic heterocycles. The summed E-state index contributed by atoms with van der Waals surface area (Å²) in [7, 11) is 0. The first kappa shape index (κ1) is 15.0. The molecule has 1 aliphatic rings. The molecule has 2 heterocycles.